The fourth-order valence-corrected chi connectivity index (χ4v) is 2.55. The number of hydrogen-bond donors (Lipinski definition) is 1. The minimum absolute atomic E-state index is 0.0177. The molecule has 1 saturated heterocycles. The van der Waals surface area contributed by atoms with E-state index in [2.05, 4.69) is 10.2 Å². The maximum Gasteiger partial charge on any atom is 0.223 e. The summed E-state index contributed by atoms with van der Waals surface area (Å²) in [6.07, 6.45) is 0.695. The number of aryl methyl sites for hydroxylation is 1. The summed E-state index contributed by atoms with van der Waals surface area (Å²) in [5.74, 6) is 0.510. The van der Waals surface area contributed by atoms with Crippen molar-refractivity contribution in [3.05, 3.63) is 11.8 Å². The van der Waals surface area contributed by atoms with E-state index >= 15 is 0 Å². The van der Waals surface area contributed by atoms with Gasteiger partial charge in [0.05, 0.1) is 5.92 Å². The van der Waals surface area contributed by atoms with Gasteiger partial charge in [0.25, 0.3) is 0 Å². The van der Waals surface area contributed by atoms with Crippen LogP contribution in [0, 0.1) is 5.92 Å². The summed E-state index contributed by atoms with van der Waals surface area (Å²) in [5.41, 5.74) is 5.42. The van der Waals surface area contributed by atoms with E-state index < -0.39 is 0 Å². The van der Waals surface area contributed by atoms with Gasteiger partial charge in [-0.25, -0.2) is 0 Å². The molecule has 1 aliphatic rings. The molecule has 0 aromatic carbocycles. The Balaban J connectivity index is 1.91. The Kier molecular flexibility index (Phi) is 5.70. The molecule has 1 aliphatic heterocycles. The lowest BCUT2D eigenvalue weighted by atomic mass is 10.1. The highest BCUT2D eigenvalue weighted by Crippen LogP contribution is 2.14. The second-order valence-corrected chi connectivity index (χ2v) is 6.39. The Morgan fingerprint density at radius 2 is 2.04 bits per heavy atom. The van der Waals surface area contributed by atoms with E-state index in [4.69, 9.17) is 10.2 Å². The summed E-state index contributed by atoms with van der Waals surface area (Å²) in [5, 5.41) is 7.92. The predicted molar refractivity (Wildman–Crippen MR) is 83.5 cm³/mol. The molecular weight excluding hydrogens is 298 g/mol. The lowest BCUT2D eigenvalue weighted by Gasteiger charge is -2.22. The third kappa shape index (κ3) is 4.75. The van der Waals surface area contributed by atoms with Crippen LogP contribution in [0.3, 0.4) is 0 Å². The molecule has 0 saturated carbocycles. The second-order valence-electron chi connectivity index (χ2n) is 6.39. The van der Waals surface area contributed by atoms with Crippen molar-refractivity contribution in [2.75, 3.05) is 33.2 Å². The van der Waals surface area contributed by atoms with Gasteiger partial charge in [-0.2, -0.15) is 0 Å². The van der Waals surface area contributed by atoms with E-state index in [0.29, 0.717) is 37.8 Å². The van der Waals surface area contributed by atoms with Gasteiger partial charge in [-0.15, -0.1) is 10.2 Å². The smallest absolute Gasteiger partial charge is 0.223 e. The first-order valence-electron chi connectivity index (χ1n) is 7.94. The molecule has 2 amide bonds. The summed E-state index contributed by atoms with van der Waals surface area (Å²) in [6, 6.07) is 0. The van der Waals surface area contributed by atoms with E-state index in [0.717, 1.165) is 6.54 Å². The van der Waals surface area contributed by atoms with Crippen LogP contribution in [0.1, 0.15) is 38.0 Å². The molecule has 0 aliphatic carbocycles. The third-order valence-electron chi connectivity index (χ3n) is 4.01. The first-order valence-corrected chi connectivity index (χ1v) is 7.94. The first-order chi connectivity index (χ1) is 10.9. The van der Waals surface area contributed by atoms with Crippen molar-refractivity contribution >= 4 is 11.8 Å². The molecule has 1 aromatic heterocycles. The van der Waals surface area contributed by atoms with Crippen LogP contribution in [0.2, 0.25) is 0 Å². The SMILES string of the molecule is CC(C)c1nnc(CCC(=O)N2CCN(C)C[C@@H](C(N)=O)C2)o1. The molecule has 1 fully saturated rings. The molecule has 2 rings (SSSR count). The number of primary amides is 1. The van der Waals surface area contributed by atoms with Gasteiger partial charge in [0.1, 0.15) is 0 Å². The van der Waals surface area contributed by atoms with Crippen LogP contribution in [-0.4, -0.2) is 65.0 Å². The molecular formula is C15H25N5O3. The summed E-state index contributed by atoms with van der Waals surface area (Å²) in [7, 11) is 1.93. The average molecular weight is 323 g/mol. The van der Waals surface area contributed by atoms with Gasteiger partial charge in [-0.3, -0.25) is 9.59 Å². The number of rotatable bonds is 5. The second kappa shape index (κ2) is 7.54. The van der Waals surface area contributed by atoms with Gasteiger partial charge in [-0.05, 0) is 7.05 Å². The largest absolute Gasteiger partial charge is 0.425 e. The Labute approximate surface area is 136 Å². The van der Waals surface area contributed by atoms with Gasteiger partial charge >= 0.3 is 0 Å². The topological polar surface area (TPSA) is 106 Å². The third-order valence-corrected chi connectivity index (χ3v) is 4.01. The zero-order chi connectivity index (χ0) is 17.0. The number of likely N-dealkylation sites (N-methyl/N-ethyl adjacent to an activating group) is 1. The highest BCUT2D eigenvalue weighted by molar-refractivity contribution is 5.80. The van der Waals surface area contributed by atoms with E-state index in [1.54, 1.807) is 4.90 Å². The van der Waals surface area contributed by atoms with Crippen molar-refractivity contribution in [3.8, 4) is 0 Å². The minimum atomic E-state index is -0.366. The van der Waals surface area contributed by atoms with E-state index in [1.807, 2.05) is 25.8 Å². The van der Waals surface area contributed by atoms with Crippen LogP contribution in [-0.2, 0) is 16.0 Å². The molecule has 8 nitrogen and oxygen atoms in total. The van der Waals surface area contributed by atoms with Crippen LogP contribution in [0.4, 0.5) is 0 Å². The molecule has 0 bridgehead atoms. The maximum absolute atomic E-state index is 12.4. The van der Waals surface area contributed by atoms with Crippen molar-refractivity contribution in [1.29, 1.82) is 0 Å². The highest BCUT2D eigenvalue weighted by atomic mass is 16.4. The van der Waals surface area contributed by atoms with Gasteiger partial charge in [0, 0.05) is 44.9 Å². The average Bonchev–Trinajstić information content (AvgIpc) is 2.87. The maximum atomic E-state index is 12.4. The quantitative estimate of drug-likeness (QED) is 0.817. The lowest BCUT2D eigenvalue weighted by molar-refractivity contribution is -0.132. The Hall–Kier alpha value is -1.96. The molecule has 0 spiro atoms. The van der Waals surface area contributed by atoms with Gasteiger partial charge in [0.15, 0.2) is 0 Å². The van der Waals surface area contributed by atoms with Crippen LogP contribution >= 0.6 is 0 Å². The summed E-state index contributed by atoms with van der Waals surface area (Å²) in [6.45, 7) is 6.23. The number of amides is 2. The molecule has 0 unspecified atom stereocenters. The number of nitrogens with two attached hydrogens (primary N) is 1. The van der Waals surface area contributed by atoms with Crippen molar-refractivity contribution in [2.45, 2.75) is 32.6 Å². The van der Waals surface area contributed by atoms with Gasteiger partial charge in [0.2, 0.25) is 23.6 Å². The van der Waals surface area contributed by atoms with Gasteiger partial charge in [-0.1, -0.05) is 13.8 Å². The fraction of sp³-hybridized carbons (Fsp3) is 0.733. The van der Waals surface area contributed by atoms with Crippen LogP contribution in [0.15, 0.2) is 4.42 Å². The summed E-state index contributed by atoms with van der Waals surface area (Å²) in [4.78, 5) is 27.6. The van der Waals surface area contributed by atoms with Gasteiger partial charge < -0.3 is 20.0 Å². The van der Waals surface area contributed by atoms with E-state index in [1.165, 1.54) is 0 Å². The predicted octanol–water partition coefficient (Wildman–Crippen LogP) is 0.00110. The lowest BCUT2D eigenvalue weighted by Crippen LogP contribution is -2.40. The minimum Gasteiger partial charge on any atom is -0.425 e. The van der Waals surface area contributed by atoms with Crippen molar-refractivity contribution < 1.29 is 14.0 Å². The molecule has 1 atom stereocenters. The monoisotopic (exact) mass is 323 g/mol. The Bertz CT molecular complexity index is 557. The van der Waals surface area contributed by atoms with Crippen molar-refractivity contribution in [3.63, 3.8) is 0 Å². The number of aromatic nitrogens is 2. The highest BCUT2D eigenvalue weighted by Gasteiger charge is 2.27. The molecule has 2 heterocycles. The molecule has 0 radical (unpaired) electrons. The van der Waals surface area contributed by atoms with Crippen LogP contribution < -0.4 is 5.73 Å². The van der Waals surface area contributed by atoms with Crippen molar-refractivity contribution in [2.24, 2.45) is 11.7 Å². The summed E-state index contributed by atoms with van der Waals surface area (Å²) < 4.78 is 5.51. The Morgan fingerprint density at radius 1 is 1.30 bits per heavy atom. The first kappa shape index (κ1) is 17.4. The molecule has 8 heteroatoms. The van der Waals surface area contributed by atoms with Crippen LogP contribution in [0.25, 0.3) is 0 Å². The summed E-state index contributed by atoms with van der Waals surface area (Å²) >= 11 is 0. The standard InChI is InChI=1S/C15H25N5O3/c1-10(2)15-18-17-12(23-15)4-5-13(21)20-7-6-19(3)8-11(9-20)14(16)22/h10-11H,4-9H2,1-3H3,(H2,16,22)/t11-/m1/s1. The van der Waals surface area contributed by atoms with E-state index in [-0.39, 0.29) is 30.1 Å². The number of carbonyl (C=O) groups is 2. The van der Waals surface area contributed by atoms with Crippen LogP contribution in [0.5, 0.6) is 0 Å². The molecule has 1 aromatic rings. The normalized spacial score (nSPS) is 19.8. The molecule has 2 N–H and O–H groups in total. The fourth-order valence-electron chi connectivity index (χ4n) is 2.55. The number of nitrogens with zero attached hydrogens (tertiary/aromatic N) is 4. The zero-order valence-corrected chi connectivity index (χ0v) is 14.0. The molecule has 128 valence electrons. The molecule has 23 heavy (non-hydrogen) atoms. The number of carbonyl (C=O) groups excluding carboxylic acids is 2. The van der Waals surface area contributed by atoms with Crippen molar-refractivity contribution in [1.82, 2.24) is 20.0 Å². The number of hydrogen-bond acceptors (Lipinski definition) is 6. The van der Waals surface area contributed by atoms with E-state index in [9.17, 15) is 9.59 Å². The Morgan fingerprint density at radius 3 is 2.65 bits per heavy atom. The zero-order valence-electron chi connectivity index (χ0n) is 14.0.